The summed E-state index contributed by atoms with van der Waals surface area (Å²) < 4.78 is 13.7. The van der Waals surface area contributed by atoms with Gasteiger partial charge in [0, 0.05) is 22.9 Å². The standard InChI is InChI=1S/C15H12ClFN2O/c16-10-1-3-12(13(17)8-10)15(20)19-11-2-4-14-9(7-11)5-6-18-14/h1-4,7-8,18H,5-6H2,(H,19,20). The minimum Gasteiger partial charge on any atom is -0.384 e. The zero-order chi connectivity index (χ0) is 14.1. The highest BCUT2D eigenvalue weighted by atomic mass is 35.5. The first-order valence-electron chi connectivity index (χ1n) is 6.27. The van der Waals surface area contributed by atoms with Crippen molar-refractivity contribution in [2.75, 3.05) is 17.2 Å². The molecular formula is C15H12ClFN2O. The lowest BCUT2D eigenvalue weighted by molar-refractivity contribution is 0.102. The van der Waals surface area contributed by atoms with Crippen LogP contribution < -0.4 is 10.6 Å². The van der Waals surface area contributed by atoms with E-state index in [2.05, 4.69) is 10.6 Å². The van der Waals surface area contributed by atoms with Crippen LogP contribution in [0.3, 0.4) is 0 Å². The number of hydrogen-bond acceptors (Lipinski definition) is 2. The Labute approximate surface area is 120 Å². The molecule has 0 bridgehead atoms. The van der Waals surface area contributed by atoms with Gasteiger partial charge in [-0.1, -0.05) is 11.6 Å². The van der Waals surface area contributed by atoms with Gasteiger partial charge in [-0.2, -0.15) is 0 Å². The number of rotatable bonds is 2. The van der Waals surface area contributed by atoms with Crippen LogP contribution in [0.25, 0.3) is 0 Å². The van der Waals surface area contributed by atoms with E-state index >= 15 is 0 Å². The van der Waals surface area contributed by atoms with Crippen LogP contribution in [0.5, 0.6) is 0 Å². The maximum Gasteiger partial charge on any atom is 0.258 e. The fraction of sp³-hybridized carbons (Fsp3) is 0.133. The van der Waals surface area contributed by atoms with Crippen LogP contribution in [0.1, 0.15) is 15.9 Å². The fourth-order valence-corrected chi connectivity index (χ4v) is 2.41. The maximum atomic E-state index is 13.7. The number of fused-ring (bicyclic) bond motifs is 1. The minimum atomic E-state index is -0.627. The number of carbonyl (C=O) groups is 1. The Morgan fingerprint density at radius 2 is 2.10 bits per heavy atom. The zero-order valence-corrected chi connectivity index (χ0v) is 11.3. The molecule has 0 aromatic heterocycles. The van der Waals surface area contributed by atoms with E-state index in [0.717, 1.165) is 30.3 Å². The molecule has 1 heterocycles. The van der Waals surface area contributed by atoms with Gasteiger partial charge in [0.25, 0.3) is 5.91 Å². The summed E-state index contributed by atoms with van der Waals surface area (Å²) in [6.45, 7) is 0.901. The van der Waals surface area contributed by atoms with E-state index in [1.807, 2.05) is 12.1 Å². The summed E-state index contributed by atoms with van der Waals surface area (Å²) in [6, 6.07) is 9.61. The Hall–Kier alpha value is -2.07. The predicted molar refractivity (Wildman–Crippen MR) is 78.0 cm³/mol. The summed E-state index contributed by atoms with van der Waals surface area (Å²) in [6.07, 6.45) is 0.925. The van der Waals surface area contributed by atoms with Gasteiger partial charge in [0.15, 0.2) is 0 Å². The van der Waals surface area contributed by atoms with Crippen molar-refractivity contribution in [3.05, 3.63) is 58.4 Å². The summed E-state index contributed by atoms with van der Waals surface area (Å²) in [5, 5.41) is 6.21. The Morgan fingerprint density at radius 3 is 2.90 bits per heavy atom. The van der Waals surface area contributed by atoms with E-state index < -0.39 is 11.7 Å². The highest BCUT2D eigenvalue weighted by Crippen LogP contribution is 2.25. The molecule has 1 amide bonds. The van der Waals surface area contributed by atoms with Gasteiger partial charge in [-0.05, 0) is 48.4 Å². The lowest BCUT2D eigenvalue weighted by atomic mass is 10.1. The Balaban J connectivity index is 1.82. The van der Waals surface area contributed by atoms with E-state index in [4.69, 9.17) is 11.6 Å². The third kappa shape index (κ3) is 2.47. The van der Waals surface area contributed by atoms with Gasteiger partial charge in [0.05, 0.1) is 5.56 Å². The Morgan fingerprint density at radius 1 is 1.25 bits per heavy atom. The lowest BCUT2D eigenvalue weighted by Crippen LogP contribution is -2.13. The molecule has 1 aliphatic heterocycles. The van der Waals surface area contributed by atoms with Crippen LogP contribution in [0, 0.1) is 5.82 Å². The van der Waals surface area contributed by atoms with E-state index in [1.54, 1.807) is 6.07 Å². The van der Waals surface area contributed by atoms with Crippen molar-refractivity contribution < 1.29 is 9.18 Å². The molecule has 0 spiro atoms. The van der Waals surface area contributed by atoms with Gasteiger partial charge in [-0.3, -0.25) is 4.79 Å². The van der Waals surface area contributed by atoms with Crippen LogP contribution in [0.4, 0.5) is 15.8 Å². The third-order valence-corrected chi connectivity index (χ3v) is 3.48. The SMILES string of the molecule is O=C(Nc1ccc2c(c1)CCN2)c1ccc(Cl)cc1F. The first kappa shape index (κ1) is 12.9. The van der Waals surface area contributed by atoms with Gasteiger partial charge in [0.2, 0.25) is 0 Å². The molecule has 2 N–H and O–H groups in total. The van der Waals surface area contributed by atoms with Gasteiger partial charge < -0.3 is 10.6 Å². The molecule has 0 unspecified atom stereocenters. The highest BCUT2D eigenvalue weighted by molar-refractivity contribution is 6.30. The van der Waals surface area contributed by atoms with Crippen molar-refractivity contribution in [2.24, 2.45) is 0 Å². The van der Waals surface area contributed by atoms with Gasteiger partial charge >= 0.3 is 0 Å². The maximum absolute atomic E-state index is 13.7. The molecule has 0 saturated carbocycles. The summed E-state index contributed by atoms with van der Waals surface area (Å²) in [7, 11) is 0. The molecule has 0 atom stereocenters. The highest BCUT2D eigenvalue weighted by Gasteiger charge is 2.14. The average molecular weight is 291 g/mol. The van der Waals surface area contributed by atoms with E-state index in [1.165, 1.54) is 12.1 Å². The van der Waals surface area contributed by atoms with Crippen molar-refractivity contribution in [2.45, 2.75) is 6.42 Å². The number of nitrogens with one attached hydrogen (secondary N) is 2. The predicted octanol–water partition coefficient (Wildman–Crippen LogP) is 3.70. The number of anilines is 2. The van der Waals surface area contributed by atoms with E-state index in [9.17, 15) is 9.18 Å². The molecule has 102 valence electrons. The van der Waals surface area contributed by atoms with E-state index in [-0.39, 0.29) is 10.6 Å². The molecule has 0 saturated heterocycles. The normalized spacial score (nSPS) is 12.7. The van der Waals surface area contributed by atoms with Gasteiger partial charge in [0.1, 0.15) is 5.82 Å². The molecule has 5 heteroatoms. The van der Waals surface area contributed by atoms with Crippen molar-refractivity contribution >= 4 is 28.9 Å². The van der Waals surface area contributed by atoms with Gasteiger partial charge in [-0.15, -0.1) is 0 Å². The molecular weight excluding hydrogens is 279 g/mol. The van der Waals surface area contributed by atoms with Crippen molar-refractivity contribution in [3.8, 4) is 0 Å². The Bertz CT molecular complexity index is 688. The number of carbonyl (C=O) groups excluding carboxylic acids is 1. The van der Waals surface area contributed by atoms with Crippen LogP contribution in [0.15, 0.2) is 36.4 Å². The number of amides is 1. The molecule has 20 heavy (non-hydrogen) atoms. The van der Waals surface area contributed by atoms with Crippen LogP contribution in [0.2, 0.25) is 5.02 Å². The smallest absolute Gasteiger partial charge is 0.258 e. The first-order valence-corrected chi connectivity index (χ1v) is 6.64. The first-order chi connectivity index (χ1) is 9.63. The van der Waals surface area contributed by atoms with Crippen molar-refractivity contribution in [1.29, 1.82) is 0 Å². The third-order valence-electron chi connectivity index (χ3n) is 3.25. The molecule has 0 radical (unpaired) electrons. The van der Waals surface area contributed by atoms with E-state index in [0.29, 0.717) is 5.69 Å². The molecule has 3 nitrogen and oxygen atoms in total. The topological polar surface area (TPSA) is 41.1 Å². The lowest BCUT2D eigenvalue weighted by Gasteiger charge is -2.08. The second kappa shape index (κ2) is 5.13. The zero-order valence-electron chi connectivity index (χ0n) is 10.5. The second-order valence-electron chi connectivity index (χ2n) is 4.63. The molecule has 2 aromatic carbocycles. The number of benzene rings is 2. The molecule has 1 aliphatic rings. The average Bonchev–Trinajstić information content (AvgIpc) is 2.85. The summed E-state index contributed by atoms with van der Waals surface area (Å²) in [5.74, 6) is -1.11. The van der Waals surface area contributed by atoms with Crippen LogP contribution in [-0.2, 0) is 6.42 Å². The minimum absolute atomic E-state index is 0.0203. The second-order valence-corrected chi connectivity index (χ2v) is 5.06. The number of halogens is 2. The molecule has 3 rings (SSSR count). The number of hydrogen-bond donors (Lipinski definition) is 2. The van der Waals surface area contributed by atoms with Crippen molar-refractivity contribution in [3.63, 3.8) is 0 Å². The summed E-state index contributed by atoms with van der Waals surface area (Å²) >= 11 is 5.67. The quantitative estimate of drug-likeness (QED) is 0.885. The monoisotopic (exact) mass is 290 g/mol. The van der Waals surface area contributed by atoms with Crippen LogP contribution in [-0.4, -0.2) is 12.5 Å². The summed E-state index contributed by atoms with van der Waals surface area (Å²) in [5.41, 5.74) is 2.87. The van der Waals surface area contributed by atoms with Crippen molar-refractivity contribution in [1.82, 2.24) is 0 Å². The molecule has 2 aromatic rings. The van der Waals surface area contributed by atoms with Gasteiger partial charge in [-0.25, -0.2) is 4.39 Å². The largest absolute Gasteiger partial charge is 0.384 e. The fourth-order valence-electron chi connectivity index (χ4n) is 2.25. The Kier molecular flexibility index (Phi) is 3.32. The summed E-state index contributed by atoms with van der Waals surface area (Å²) in [4.78, 5) is 12.0. The molecule has 0 fully saturated rings. The molecule has 0 aliphatic carbocycles. The van der Waals surface area contributed by atoms with Crippen LogP contribution >= 0.6 is 11.6 Å².